The van der Waals surface area contributed by atoms with Gasteiger partial charge in [0.1, 0.15) is 5.75 Å². The van der Waals surface area contributed by atoms with E-state index in [9.17, 15) is 8.42 Å². The van der Waals surface area contributed by atoms with Crippen LogP contribution in [0.4, 0.5) is 0 Å². The maximum Gasteiger partial charge on any atom is 0.247 e. The minimum absolute atomic E-state index is 0.0109. The molecule has 0 saturated heterocycles. The first-order chi connectivity index (χ1) is 10.5. The van der Waals surface area contributed by atoms with Gasteiger partial charge in [0.2, 0.25) is 21.8 Å². The smallest absolute Gasteiger partial charge is 0.247 e. The molecule has 2 aromatic rings. The number of unbranched alkanes of at least 4 members (excludes halogenated alkanes) is 1. The minimum Gasteiger partial charge on any atom is -0.497 e. The van der Waals surface area contributed by atoms with E-state index in [1.54, 1.807) is 13.2 Å². The zero-order chi connectivity index (χ0) is 16.0. The standard InChI is InChI=1S/C14H19N3O4S/c1-3-4-8-22(18,19)15-10-13-16-17-14(21-13)11-6-5-7-12(9-11)20-2/h5-7,9,15H,3-4,8,10H2,1-2H3. The Morgan fingerprint density at radius 1 is 1.32 bits per heavy atom. The molecule has 0 radical (unpaired) electrons. The van der Waals surface area contributed by atoms with Crippen molar-refractivity contribution in [3.8, 4) is 17.2 Å². The number of methoxy groups -OCH3 is 1. The van der Waals surface area contributed by atoms with E-state index in [1.807, 2.05) is 25.1 Å². The summed E-state index contributed by atoms with van der Waals surface area (Å²) in [7, 11) is -1.73. The van der Waals surface area contributed by atoms with E-state index in [-0.39, 0.29) is 18.2 Å². The van der Waals surface area contributed by atoms with Gasteiger partial charge in [0, 0.05) is 5.56 Å². The van der Waals surface area contributed by atoms with Gasteiger partial charge in [-0.3, -0.25) is 0 Å². The SMILES string of the molecule is CCCCS(=O)(=O)NCc1nnc(-c2cccc(OC)c2)o1. The third kappa shape index (κ3) is 4.54. The van der Waals surface area contributed by atoms with Crippen LogP contribution in [-0.4, -0.2) is 31.5 Å². The topological polar surface area (TPSA) is 94.3 Å². The van der Waals surface area contributed by atoms with E-state index >= 15 is 0 Å². The molecule has 7 nitrogen and oxygen atoms in total. The van der Waals surface area contributed by atoms with Gasteiger partial charge in [-0.1, -0.05) is 19.4 Å². The Labute approximate surface area is 129 Å². The molecule has 0 aliphatic carbocycles. The molecule has 0 atom stereocenters. The van der Waals surface area contributed by atoms with Crippen LogP contribution in [0.1, 0.15) is 25.7 Å². The molecule has 0 unspecified atom stereocenters. The van der Waals surface area contributed by atoms with Crippen LogP contribution in [0.2, 0.25) is 0 Å². The zero-order valence-electron chi connectivity index (χ0n) is 12.6. The number of hydrogen-bond donors (Lipinski definition) is 1. The third-order valence-electron chi connectivity index (χ3n) is 2.99. The second-order valence-electron chi connectivity index (χ2n) is 4.73. The van der Waals surface area contributed by atoms with Crippen molar-refractivity contribution >= 4 is 10.0 Å². The molecule has 0 aliphatic heterocycles. The summed E-state index contributed by atoms with van der Waals surface area (Å²) in [6, 6.07) is 7.20. The lowest BCUT2D eigenvalue weighted by Gasteiger charge is -2.03. The van der Waals surface area contributed by atoms with Gasteiger partial charge in [0.15, 0.2) is 0 Å². The number of ether oxygens (including phenoxy) is 1. The van der Waals surface area contributed by atoms with Gasteiger partial charge in [0.05, 0.1) is 19.4 Å². The predicted octanol–water partition coefficient (Wildman–Crippen LogP) is 1.96. The van der Waals surface area contributed by atoms with Crippen molar-refractivity contribution < 1.29 is 17.6 Å². The maximum atomic E-state index is 11.7. The van der Waals surface area contributed by atoms with Crippen LogP contribution >= 0.6 is 0 Å². The van der Waals surface area contributed by atoms with Crippen molar-refractivity contribution in [3.63, 3.8) is 0 Å². The van der Waals surface area contributed by atoms with Crippen LogP contribution in [0.15, 0.2) is 28.7 Å². The Morgan fingerprint density at radius 3 is 2.86 bits per heavy atom. The summed E-state index contributed by atoms with van der Waals surface area (Å²) in [4.78, 5) is 0. The normalized spacial score (nSPS) is 11.5. The summed E-state index contributed by atoms with van der Waals surface area (Å²) in [6.07, 6.45) is 1.44. The van der Waals surface area contributed by atoms with Crippen molar-refractivity contribution in [1.82, 2.24) is 14.9 Å². The Kier molecular flexibility index (Phi) is 5.51. The van der Waals surface area contributed by atoms with Gasteiger partial charge < -0.3 is 9.15 Å². The Morgan fingerprint density at radius 2 is 2.14 bits per heavy atom. The highest BCUT2D eigenvalue weighted by molar-refractivity contribution is 7.89. The molecule has 2 rings (SSSR count). The van der Waals surface area contributed by atoms with Crippen molar-refractivity contribution in [3.05, 3.63) is 30.2 Å². The van der Waals surface area contributed by atoms with Crippen molar-refractivity contribution in [1.29, 1.82) is 0 Å². The van der Waals surface area contributed by atoms with Crippen LogP contribution in [0.25, 0.3) is 11.5 Å². The molecule has 0 aliphatic rings. The molecule has 0 bridgehead atoms. The summed E-state index contributed by atoms with van der Waals surface area (Å²) in [5, 5.41) is 7.76. The van der Waals surface area contributed by atoms with Crippen LogP contribution in [0.3, 0.4) is 0 Å². The monoisotopic (exact) mass is 325 g/mol. The van der Waals surface area contributed by atoms with Crippen LogP contribution in [-0.2, 0) is 16.6 Å². The number of nitrogens with zero attached hydrogens (tertiary/aromatic N) is 2. The van der Waals surface area contributed by atoms with E-state index < -0.39 is 10.0 Å². The number of hydrogen-bond acceptors (Lipinski definition) is 6. The molecule has 120 valence electrons. The fourth-order valence-electron chi connectivity index (χ4n) is 1.78. The molecule has 0 amide bonds. The van der Waals surface area contributed by atoms with Gasteiger partial charge in [-0.25, -0.2) is 13.1 Å². The summed E-state index contributed by atoms with van der Waals surface area (Å²) in [5.74, 6) is 1.32. The van der Waals surface area contributed by atoms with Gasteiger partial charge in [-0.15, -0.1) is 10.2 Å². The number of benzene rings is 1. The van der Waals surface area contributed by atoms with E-state index in [4.69, 9.17) is 9.15 Å². The van der Waals surface area contributed by atoms with Gasteiger partial charge in [0.25, 0.3) is 0 Å². The molecule has 1 N–H and O–H groups in total. The lowest BCUT2D eigenvalue weighted by Crippen LogP contribution is -2.26. The molecular formula is C14H19N3O4S. The number of rotatable bonds is 8. The molecule has 0 fully saturated rings. The highest BCUT2D eigenvalue weighted by atomic mass is 32.2. The zero-order valence-corrected chi connectivity index (χ0v) is 13.4. The quantitative estimate of drug-likeness (QED) is 0.797. The molecule has 1 aromatic heterocycles. The first kappa shape index (κ1) is 16.4. The molecule has 22 heavy (non-hydrogen) atoms. The highest BCUT2D eigenvalue weighted by Gasteiger charge is 2.13. The number of nitrogens with one attached hydrogen (secondary N) is 1. The van der Waals surface area contributed by atoms with E-state index in [0.29, 0.717) is 23.6 Å². The summed E-state index contributed by atoms with van der Waals surface area (Å²) < 4.78 is 36.5. The van der Waals surface area contributed by atoms with Crippen LogP contribution in [0, 0.1) is 0 Å². The minimum atomic E-state index is -3.31. The highest BCUT2D eigenvalue weighted by Crippen LogP contribution is 2.22. The molecule has 0 spiro atoms. The second-order valence-corrected chi connectivity index (χ2v) is 6.65. The lowest BCUT2D eigenvalue weighted by atomic mass is 10.2. The Balaban J connectivity index is 2.02. The first-order valence-electron chi connectivity index (χ1n) is 6.98. The summed E-state index contributed by atoms with van der Waals surface area (Å²) in [5.41, 5.74) is 0.715. The fourth-order valence-corrected chi connectivity index (χ4v) is 2.93. The van der Waals surface area contributed by atoms with Crippen LogP contribution < -0.4 is 9.46 Å². The third-order valence-corrected chi connectivity index (χ3v) is 4.40. The fraction of sp³-hybridized carbons (Fsp3) is 0.429. The van der Waals surface area contributed by atoms with Gasteiger partial charge in [-0.2, -0.15) is 0 Å². The van der Waals surface area contributed by atoms with Gasteiger partial charge >= 0.3 is 0 Å². The number of aromatic nitrogens is 2. The summed E-state index contributed by atoms with van der Waals surface area (Å²) >= 11 is 0. The second kappa shape index (κ2) is 7.37. The molecule has 1 aromatic carbocycles. The maximum absolute atomic E-state index is 11.7. The van der Waals surface area contributed by atoms with Crippen molar-refractivity contribution in [2.24, 2.45) is 0 Å². The first-order valence-corrected chi connectivity index (χ1v) is 8.63. The lowest BCUT2D eigenvalue weighted by molar-refractivity contribution is 0.414. The van der Waals surface area contributed by atoms with Crippen molar-refractivity contribution in [2.45, 2.75) is 26.3 Å². The average Bonchev–Trinajstić information content (AvgIpc) is 3.00. The molecule has 1 heterocycles. The van der Waals surface area contributed by atoms with Crippen LogP contribution in [0.5, 0.6) is 5.75 Å². The Bertz CT molecular complexity index is 712. The average molecular weight is 325 g/mol. The van der Waals surface area contributed by atoms with E-state index in [0.717, 1.165) is 6.42 Å². The largest absolute Gasteiger partial charge is 0.497 e. The van der Waals surface area contributed by atoms with E-state index in [1.165, 1.54) is 0 Å². The molecule has 0 saturated carbocycles. The summed E-state index contributed by atoms with van der Waals surface area (Å²) in [6.45, 7) is 1.93. The number of sulfonamides is 1. The molecule has 8 heteroatoms. The predicted molar refractivity (Wildman–Crippen MR) is 81.8 cm³/mol. The molecular weight excluding hydrogens is 306 g/mol. The Hall–Kier alpha value is -1.93. The van der Waals surface area contributed by atoms with E-state index in [2.05, 4.69) is 14.9 Å². The van der Waals surface area contributed by atoms with Gasteiger partial charge in [-0.05, 0) is 24.6 Å². The van der Waals surface area contributed by atoms with Crippen molar-refractivity contribution in [2.75, 3.05) is 12.9 Å².